The standard InChI is InChI=1S/C9H10OS.C2H6/c1-7(10)8-3-5-9(11-2)6-4-8;1-2/h3-6H,1-2H3;1-2H3. The van der Waals surface area contributed by atoms with Crippen LogP contribution in [0.5, 0.6) is 0 Å². The molecule has 0 aliphatic rings. The van der Waals surface area contributed by atoms with Crippen LogP contribution < -0.4 is 0 Å². The summed E-state index contributed by atoms with van der Waals surface area (Å²) < 4.78 is 0. The number of Topliss-reactive ketones (excluding diaryl/α,β-unsaturated/α-hetero) is 1. The molecular formula is C11H16OS. The van der Waals surface area contributed by atoms with Gasteiger partial charge in [-0.15, -0.1) is 11.8 Å². The largest absolute Gasteiger partial charge is 0.295 e. The number of carbonyl (C=O) groups is 1. The molecule has 2 heteroatoms. The maximum atomic E-state index is 10.8. The van der Waals surface area contributed by atoms with E-state index in [4.69, 9.17) is 0 Å². The van der Waals surface area contributed by atoms with Crippen molar-refractivity contribution in [3.05, 3.63) is 29.8 Å². The third-order valence-corrected chi connectivity index (χ3v) is 2.24. The van der Waals surface area contributed by atoms with E-state index < -0.39 is 0 Å². The van der Waals surface area contributed by atoms with Gasteiger partial charge in [-0.25, -0.2) is 0 Å². The van der Waals surface area contributed by atoms with Crippen LogP contribution in [0, 0.1) is 0 Å². The highest BCUT2D eigenvalue weighted by Gasteiger charge is 1.96. The van der Waals surface area contributed by atoms with Crippen LogP contribution in [0.2, 0.25) is 0 Å². The number of hydrogen-bond acceptors (Lipinski definition) is 2. The van der Waals surface area contributed by atoms with Crippen molar-refractivity contribution < 1.29 is 4.79 Å². The molecule has 0 radical (unpaired) electrons. The summed E-state index contributed by atoms with van der Waals surface area (Å²) in [5.41, 5.74) is 0.780. The molecule has 0 N–H and O–H groups in total. The van der Waals surface area contributed by atoms with Crippen molar-refractivity contribution in [3.8, 4) is 0 Å². The van der Waals surface area contributed by atoms with Crippen LogP contribution in [-0.4, -0.2) is 12.0 Å². The number of carbonyl (C=O) groups excluding carboxylic acids is 1. The van der Waals surface area contributed by atoms with Gasteiger partial charge in [0.2, 0.25) is 0 Å². The Kier molecular flexibility index (Phi) is 6.33. The zero-order valence-electron chi connectivity index (χ0n) is 8.63. The van der Waals surface area contributed by atoms with Crippen molar-refractivity contribution in [2.45, 2.75) is 25.7 Å². The molecule has 0 aromatic heterocycles. The molecule has 1 aromatic rings. The van der Waals surface area contributed by atoms with Crippen molar-refractivity contribution in [3.63, 3.8) is 0 Å². The van der Waals surface area contributed by atoms with Gasteiger partial charge in [0.25, 0.3) is 0 Å². The first-order chi connectivity index (χ1) is 6.24. The summed E-state index contributed by atoms with van der Waals surface area (Å²) in [5.74, 6) is 0.123. The molecule has 0 atom stereocenters. The minimum absolute atomic E-state index is 0.123. The summed E-state index contributed by atoms with van der Waals surface area (Å²) >= 11 is 1.68. The van der Waals surface area contributed by atoms with Gasteiger partial charge in [-0.05, 0) is 25.3 Å². The van der Waals surface area contributed by atoms with Crippen LogP contribution in [0.3, 0.4) is 0 Å². The van der Waals surface area contributed by atoms with Crippen molar-refractivity contribution in [2.24, 2.45) is 0 Å². The van der Waals surface area contributed by atoms with Gasteiger partial charge in [0.15, 0.2) is 5.78 Å². The van der Waals surface area contributed by atoms with Crippen molar-refractivity contribution >= 4 is 17.5 Å². The highest BCUT2D eigenvalue weighted by Crippen LogP contribution is 2.14. The third kappa shape index (κ3) is 4.13. The fraction of sp³-hybridized carbons (Fsp3) is 0.364. The molecular weight excluding hydrogens is 180 g/mol. The molecule has 72 valence electrons. The summed E-state index contributed by atoms with van der Waals surface area (Å²) in [7, 11) is 0. The van der Waals surface area contributed by atoms with Gasteiger partial charge in [-0.1, -0.05) is 26.0 Å². The Morgan fingerprint density at radius 1 is 1.15 bits per heavy atom. The van der Waals surface area contributed by atoms with Crippen LogP contribution in [0.1, 0.15) is 31.1 Å². The lowest BCUT2D eigenvalue weighted by Gasteiger charge is -1.96. The van der Waals surface area contributed by atoms with E-state index in [1.165, 1.54) is 4.90 Å². The van der Waals surface area contributed by atoms with E-state index in [1.54, 1.807) is 18.7 Å². The lowest BCUT2D eigenvalue weighted by atomic mass is 10.2. The Morgan fingerprint density at radius 2 is 1.62 bits per heavy atom. The van der Waals surface area contributed by atoms with Crippen molar-refractivity contribution in [1.29, 1.82) is 0 Å². The van der Waals surface area contributed by atoms with Crippen LogP contribution in [0.4, 0.5) is 0 Å². The van der Waals surface area contributed by atoms with E-state index in [2.05, 4.69) is 0 Å². The first kappa shape index (κ1) is 12.2. The first-order valence-corrected chi connectivity index (χ1v) is 5.61. The number of hydrogen-bond donors (Lipinski definition) is 0. The van der Waals surface area contributed by atoms with E-state index in [1.807, 2.05) is 44.4 Å². The van der Waals surface area contributed by atoms with Crippen LogP contribution in [0.15, 0.2) is 29.2 Å². The van der Waals surface area contributed by atoms with Gasteiger partial charge in [0.1, 0.15) is 0 Å². The van der Waals surface area contributed by atoms with Crippen LogP contribution in [0.25, 0.3) is 0 Å². The summed E-state index contributed by atoms with van der Waals surface area (Å²) in [4.78, 5) is 12.0. The van der Waals surface area contributed by atoms with Gasteiger partial charge in [-0.3, -0.25) is 4.79 Å². The molecule has 0 aliphatic carbocycles. The average molecular weight is 196 g/mol. The highest BCUT2D eigenvalue weighted by molar-refractivity contribution is 7.98. The van der Waals surface area contributed by atoms with Crippen molar-refractivity contribution in [2.75, 3.05) is 6.26 Å². The molecule has 0 spiro atoms. The number of benzene rings is 1. The third-order valence-electron chi connectivity index (χ3n) is 1.50. The smallest absolute Gasteiger partial charge is 0.159 e. The summed E-state index contributed by atoms with van der Waals surface area (Å²) in [5, 5.41) is 0. The van der Waals surface area contributed by atoms with E-state index in [9.17, 15) is 4.79 Å². The Hall–Kier alpha value is -0.760. The molecule has 0 amide bonds. The molecule has 0 saturated carbocycles. The second-order valence-electron chi connectivity index (χ2n) is 2.28. The molecule has 1 aromatic carbocycles. The number of rotatable bonds is 2. The quantitative estimate of drug-likeness (QED) is 0.530. The minimum atomic E-state index is 0.123. The fourth-order valence-electron chi connectivity index (χ4n) is 0.826. The monoisotopic (exact) mass is 196 g/mol. The average Bonchev–Trinajstić information content (AvgIpc) is 2.21. The molecule has 0 unspecified atom stereocenters. The second kappa shape index (κ2) is 6.72. The van der Waals surface area contributed by atoms with Gasteiger partial charge in [0, 0.05) is 10.5 Å². The molecule has 0 heterocycles. The number of thioether (sulfide) groups is 1. The van der Waals surface area contributed by atoms with Gasteiger partial charge in [-0.2, -0.15) is 0 Å². The maximum absolute atomic E-state index is 10.8. The fourth-order valence-corrected chi connectivity index (χ4v) is 1.23. The molecule has 1 nitrogen and oxygen atoms in total. The van der Waals surface area contributed by atoms with E-state index in [0.717, 1.165) is 5.56 Å². The predicted octanol–water partition coefficient (Wildman–Crippen LogP) is 3.64. The minimum Gasteiger partial charge on any atom is -0.295 e. The molecule has 0 saturated heterocycles. The first-order valence-electron chi connectivity index (χ1n) is 4.39. The second-order valence-corrected chi connectivity index (χ2v) is 3.16. The Labute approximate surface area is 84.5 Å². The molecule has 0 fully saturated rings. The van der Waals surface area contributed by atoms with Crippen LogP contribution >= 0.6 is 11.8 Å². The number of ketones is 1. The Balaban J connectivity index is 0.000000671. The van der Waals surface area contributed by atoms with E-state index in [-0.39, 0.29) is 5.78 Å². The predicted molar refractivity (Wildman–Crippen MR) is 59.6 cm³/mol. The van der Waals surface area contributed by atoms with Gasteiger partial charge < -0.3 is 0 Å². The van der Waals surface area contributed by atoms with Crippen LogP contribution in [-0.2, 0) is 0 Å². The SMILES string of the molecule is CC.CSc1ccc(C(C)=O)cc1. The summed E-state index contributed by atoms with van der Waals surface area (Å²) in [6.45, 7) is 5.58. The normalized spacial score (nSPS) is 8.62. The van der Waals surface area contributed by atoms with Crippen molar-refractivity contribution in [1.82, 2.24) is 0 Å². The molecule has 0 aliphatic heterocycles. The lowest BCUT2D eigenvalue weighted by molar-refractivity contribution is 0.101. The van der Waals surface area contributed by atoms with Gasteiger partial charge in [0.05, 0.1) is 0 Å². The summed E-state index contributed by atoms with van der Waals surface area (Å²) in [6.07, 6.45) is 2.02. The molecule has 1 rings (SSSR count). The molecule has 13 heavy (non-hydrogen) atoms. The zero-order chi connectivity index (χ0) is 10.3. The van der Waals surface area contributed by atoms with Gasteiger partial charge >= 0.3 is 0 Å². The highest BCUT2D eigenvalue weighted by atomic mass is 32.2. The van der Waals surface area contributed by atoms with E-state index in [0.29, 0.717) is 0 Å². The Bertz CT molecular complexity index is 251. The Morgan fingerprint density at radius 3 is 1.92 bits per heavy atom. The summed E-state index contributed by atoms with van der Waals surface area (Å²) in [6, 6.07) is 7.63. The lowest BCUT2D eigenvalue weighted by Crippen LogP contribution is -1.89. The zero-order valence-corrected chi connectivity index (χ0v) is 9.44. The molecule has 0 bridgehead atoms. The maximum Gasteiger partial charge on any atom is 0.159 e. The van der Waals surface area contributed by atoms with E-state index >= 15 is 0 Å². The topological polar surface area (TPSA) is 17.1 Å².